The number of hydrogen-bond donors (Lipinski definition) is 5. The van der Waals surface area contributed by atoms with E-state index in [4.69, 9.17) is 43.4 Å². The number of carbonyl (C=O) groups excluding carboxylic acids is 1. The third-order valence-electron chi connectivity index (χ3n) is 13.3. The van der Waals surface area contributed by atoms with Crippen molar-refractivity contribution < 1.29 is 68.2 Å². The van der Waals surface area contributed by atoms with Gasteiger partial charge in [-0.1, -0.05) is 117 Å². The summed E-state index contributed by atoms with van der Waals surface area (Å²) in [5.74, 6) is 0. The normalized spacial score (nSPS) is 32.4. The van der Waals surface area contributed by atoms with E-state index in [0.29, 0.717) is 0 Å². The third kappa shape index (κ3) is 14.3. The minimum absolute atomic E-state index is 0.0324. The van der Waals surface area contributed by atoms with Crippen molar-refractivity contribution in [2.75, 3.05) is 19.8 Å². The summed E-state index contributed by atoms with van der Waals surface area (Å²) < 4.78 is 49.4. The van der Waals surface area contributed by atoms with Gasteiger partial charge in [-0.2, -0.15) is 0 Å². The fraction of sp³-hybridized carbons (Fsp3) is 0.587. The molecule has 3 aromatic carbocycles. The summed E-state index contributed by atoms with van der Waals surface area (Å²) in [6.07, 6.45) is -22.0. The highest BCUT2D eigenvalue weighted by Gasteiger charge is 2.55. The van der Waals surface area contributed by atoms with Gasteiger partial charge in [-0.25, -0.2) is 4.79 Å². The van der Waals surface area contributed by atoms with Gasteiger partial charge in [0, 0.05) is 31.1 Å². The molecule has 5 N–H and O–H groups in total. The van der Waals surface area contributed by atoms with E-state index in [1.54, 1.807) is 0 Å². The first kappa shape index (κ1) is 56.7. The fourth-order valence-electron chi connectivity index (χ4n) is 9.47. The van der Waals surface area contributed by atoms with Crippen LogP contribution in [0, 0.1) is 0 Å². The predicted octanol–water partition coefficient (Wildman–Crippen LogP) is 5.39. The first-order valence-corrected chi connectivity index (χ1v) is 24.1. The molecular weight excluding hydrogens is 1000 g/mol. The molecule has 0 unspecified atom stereocenters. The lowest BCUT2D eigenvalue weighted by Gasteiger charge is -2.46. The summed E-state index contributed by atoms with van der Waals surface area (Å²) in [6.45, 7) is -1.35. The van der Waals surface area contributed by atoms with Crippen molar-refractivity contribution in [1.29, 1.82) is 0 Å². The number of benzene rings is 3. The smallest absolute Gasteiger partial charge is 0.410 e. The van der Waals surface area contributed by atoms with Crippen molar-refractivity contribution >= 4 is 6.09 Å². The third-order valence-corrected chi connectivity index (χ3v) is 13.3. The number of amides is 1. The first-order chi connectivity index (χ1) is 37.0. The highest BCUT2D eigenvalue weighted by atomic mass is 16.8. The van der Waals surface area contributed by atoms with Crippen molar-refractivity contribution in [1.82, 2.24) is 4.90 Å². The molecule has 1 saturated carbocycles. The predicted molar refractivity (Wildman–Crippen MR) is 260 cm³/mol. The van der Waals surface area contributed by atoms with Crippen molar-refractivity contribution in [3.63, 3.8) is 0 Å². The Hall–Kier alpha value is -7.00. The Bertz CT molecular complexity index is 2590. The molecule has 3 aromatic rings. The highest BCUT2D eigenvalue weighted by molar-refractivity contribution is 5.68. The summed E-state index contributed by atoms with van der Waals surface area (Å²) in [7, 11) is 0. The van der Waals surface area contributed by atoms with E-state index in [1.807, 2.05) is 91.0 Å². The van der Waals surface area contributed by atoms with Crippen LogP contribution in [0.2, 0.25) is 0 Å². The zero-order valence-corrected chi connectivity index (χ0v) is 40.5. The Balaban J connectivity index is 1.19. The summed E-state index contributed by atoms with van der Waals surface area (Å²) in [5, 5.41) is 74.1. The molecule has 0 bridgehead atoms. The van der Waals surface area contributed by atoms with Gasteiger partial charge in [-0.3, -0.25) is 4.90 Å². The minimum Gasteiger partial charge on any atom is -0.445 e. The van der Waals surface area contributed by atoms with Gasteiger partial charge in [-0.05, 0) is 63.6 Å². The van der Waals surface area contributed by atoms with Gasteiger partial charge >= 0.3 is 6.09 Å². The Kier molecular flexibility index (Phi) is 21.1. The number of aliphatic hydroxyl groups is 5. The van der Waals surface area contributed by atoms with Crippen LogP contribution < -0.4 is 0 Å². The molecule has 0 aromatic heterocycles. The number of carbonyl (C=O) groups is 1. The van der Waals surface area contributed by atoms with Crippen LogP contribution >= 0.6 is 0 Å². The first-order valence-electron chi connectivity index (χ1n) is 24.1. The fourth-order valence-corrected chi connectivity index (χ4v) is 9.47. The topological polar surface area (TPSA) is 439 Å². The molecule has 4 aliphatic rings. The molecule has 76 heavy (non-hydrogen) atoms. The maximum absolute atomic E-state index is 14.4. The van der Waals surface area contributed by atoms with E-state index >= 15 is 0 Å². The highest BCUT2D eigenvalue weighted by Crippen LogP contribution is 2.38. The van der Waals surface area contributed by atoms with Crippen molar-refractivity contribution in [3.8, 4) is 0 Å². The van der Waals surface area contributed by atoms with Crippen molar-refractivity contribution in [2.45, 2.75) is 149 Å². The molecule has 3 aliphatic heterocycles. The van der Waals surface area contributed by atoms with E-state index in [2.05, 4.69) is 50.1 Å². The quantitative estimate of drug-likeness (QED) is 0.0452. The van der Waals surface area contributed by atoms with Crippen LogP contribution in [0.25, 0.3) is 52.2 Å². The number of hydrogen-bond acceptors (Lipinski definition) is 19. The molecule has 0 spiro atoms. The summed E-state index contributed by atoms with van der Waals surface area (Å²) in [5.41, 5.74) is 49.7. The van der Waals surface area contributed by atoms with Crippen LogP contribution in [0.4, 0.5) is 4.79 Å². The molecular formula is C46H56N16O14. The van der Waals surface area contributed by atoms with Crippen LogP contribution in [0.3, 0.4) is 0 Å². The molecule has 30 nitrogen and oxygen atoms in total. The van der Waals surface area contributed by atoms with E-state index in [0.717, 1.165) is 16.7 Å². The molecule has 1 aliphatic carbocycles. The number of aliphatic hydroxyl groups excluding tert-OH is 5. The van der Waals surface area contributed by atoms with Crippen LogP contribution in [0.15, 0.2) is 117 Å². The molecule has 0 radical (unpaired) electrons. The number of azide groups is 5. The van der Waals surface area contributed by atoms with Gasteiger partial charge in [0.1, 0.15) is 43.2 Å². The van der Waals surface area contributed by atoms with E-state index in [-0.39, 0.29) is 45.6 Å². The summed E-state index contributed by atoms with van der Waals surface area (Å²) in [6, 6.07) is 21.2. The lowest BCUT2D eigenvalue weighted by molar-refractivity contribution is -0.292. The SMILES string of the molecule is [N-]=[N+]=NC[C@@H]1O[C@H](O[C@H]2[C@@H](O)[C@H](O[C@@H]3[C@@H](O)[C@H](N=[N+]=[N-])C[C@H](N=[N+]=[N-])[C@H]3O[C@H]3O[C@H]([C@@H](COCc4ccccc4)N(Cc4ccccc4)C(=O)OCc4ccccc4)CC[C@H]3N=[N+]=[N-])O[C@@H]2CO)[C@H](N=[N+]=[N-])[C@@H](O)[C@@H]1O. The van der Waals surface area contributed by atoms with Crippen molar-refractivity contribution in [3.05, 3.63) is 160 Å². The summed E-state index contributed by atoms with van der Waals surface area (Å²) in [4.78, 5) is 30.1. The van der Waals surface area contributed by atoms with Crippen LogP contribution in [0.1, 0.15) is 36.0 Å². The van der Waals surface area contributed by atoms with Crippen molar-refractivity contribution in [2.24, 2.45) is 25.6 Å². The van der Waals surface area contributed by atoms with Crippen LogP contribution in [-0.2, 0) is 57.7 Å². The zero-order chi connectivity index (χ0) is 54.0. The second-order valence-electron chi connectivity index (χ2n) is 18.0. The van der Waals surface area contributed by atoms with E-state index < -0.39 is 129 Å². The Morgan fingerprint density at radius 3 is 1.82 bits per heavy atom. The Labute approximate surface area is 432 Å². The van der Waals surface area contributed by atoms with E-state index in [1.165, 1.54) is 4.90 Å². The number of nitrogens with zero attached hydrogens (tertiary/aromatic N) is 16. The molecule has 1 amide bonds. The average molecular weight is 1060 g/mol. The van der Waals surface area contributed by atoms with Gasteiger partial charge < -0.3 is 63.4 Å². The molecule has 3 heterocycles. The molecule has 4 fully saturated rings. The second-order valence-corrected chi connectivity index (χ2v) is 18.0. The Morgan fingerprint density at radius 1 is 0.605 bits per heavy atom. The molecule has 30 heteroatoms. The largest absolute Gasteiger partial charge is 0.445 e. The number of rotatable bonds is 23. The second kappa shape index (κ2) is 28.2. The molecule has 404 valence electrons. The molecule has 3 saturated heterocycles. The molecule has 18 atom stereocenters. The standard InChI is InChI=1S/C46H56N16O14/c47-57-52-19-33-37(65)38(66)35(56-61-51)44(72-33)75-41-34(21-63)73-45(39(41)67)76-42-36(64)29(54-59-49)18-30(55-60-50)40(42)74-43-28(53-58-48)16-17-32(71-43)31(24-69-22-26-12-6-2-7-13-26)62(20-25-10-4-1-5-11-25)46(68)70-23-27-14-8-3-9-15-27/h1-15,28-45,63-67H,16-24H2/t28-,29-,30+,31-,32+,33+,34-,35-,36+,37-,38-,39-,40-,41-,42-,43-,44-,45+/m1/s1. The van der Waals surface area contributed by atoms with Gasteiger partial charge in [0.15, 0.2) is 18.9 Å². The zero-order valence-electron chi connectivity index (χ0n) is 40.5. The lowest BCUT2D eigenvalue weighted by atomic mass is 9.84. The minimum atomic E-state index is -1.92. The average Bonchev–Trinajstić information content (AvgIpc) is 3.73. The van der Waals surface area contributed by atoms with Crippen LogP contribution in [0.5, 0.6) is 0 Å². The Morgan fingerprint density at radius 2 is 1.18 bits per heavy atom. The molecule has 7 rings (SSSR count). The van der Waals surface area contributed by atoms with Crippen LogP contribution in [-0.4, -0.2) is 166 Å². The maximum Gasteiger partial charge on any atom is 0.410 e. The van der Waals surface area contributed by atoms with Gasteiger partial charge in [0.25, 0.3) is 0 Å². The monoisotopic (exact) mass is 1060 g/mol. The van der Waals surface area contributed by atoms with E-state index in [9.17, 15) is 52.5 Å². The maximum atomic E-state index is 14.4. The summed E-state index contributed by atoms with van der Waals surface area (Å²) >= 11 is 0. The lowest BCUT2D eigenvalue weighted by Crippen LogP contribution is -2.61. The van der Waals surface area contributed by atoms with Gasteiger partial charge in [0.2, 0.25) is 0 Å². The number of ether oxygens (including phenoxy) is 8. The van der Waals surface area contributed by atoms with Gasteiger partial charge in [0.05, 0.1) is 81.1 Å². The van der Waals surface area contributed by atoms with Gasteiger partial charge in [-0.15, -0.1) is 0 Å².